The maximum absolute atomic E-state index is 9.54. The molecule has 0 aliphatic heterocycles. The van der Waals surface area contributed by atoms with E-state index in [2.05, 4.69) is 13.8 Å². The van der Waals surface area contributed by atoms with Crippen LogP contribution in [0.5, 0.6) is 5.75 Å². The number of aliphatic hydroxyl groups is 1. The Bertz CT molecular complexity index is 353. The fourth-order valence-electron chi connectivity index (χ4n) is 1.25. The van der Waals surface area contributed by atoms with E-state index in [4.69, 9.17) is 16.3 Å². The van der Waals surface area contributed by atoms with E-state index in [9.17, 15) is 5.11 Å². The standard InChI is InChI=1S/C13H19ClO2/c1-9(2)10-5-6-12(11(14)7-10)16-8-13(3,4)15/h5-7,9,15H,8H2,1-4H3. The third-order valence-corrected chi connectivity index (χ3v) is 2.50. The highest BCUT2D eigenvalue weighted by molar-refractivity contribution is 6.32. The van der Waals surface area contributed by atoms with Crippen LogP contribution in [-0.2, 0) is 0 Å². The summed E-state index contributed by atoms with van der Waals surface area (Å²) >= 11 is 6.10. The van der Waals surface area contributed by atoms with Gasteiger partial charge in [-0.2, -0.15) is 0 Å². The van der Waals surface area contributed by atoms with Crippen LogP contribution < -0.4 is 4.74 Å². The molecule has 1 aromatic carbocycles. The van der Waals surface area contributed by atoms with Crippen LogP contribution in [0.1, 0.15) is 39.2 Å². The number of halogens is 1. The van der Waals surface area contributed by atoms with Crippen molar-refractivity contribution in [1.82, 2.24) is 0 Å². The second-order valence-electron chi connectivity index (χ2n) is 4.95. The first-order valence-corrected chi connectivity index (χ1v) is 5.82. The summed E-state index contributed by atoms with van der Waals surface area (Å²) < 4.78 is 5.45. The van der Waals surface area contributed by atoms with Crippen LogP contribution in [0.25, 0.3) is 0 Å². The third-order valence-electron chi connectivity index (χ3n) is 2.20. The molecule has 0 aliphatic carbocycles. The minimum absolute atomic E-state index is 0.230. The molecule has 1 rings (SSSR count). The van der Waals surface area contributed by atoms with E-state index >= 15 is 0 Å². The van der Waals surface area contributed by atoms with Gasteiger partial charge >= 0.3 is 0 Å². The highest BCUT2D eigenvalue weighted by Crippen LogP contribution is 2.28. The molecule has 0 amide bonds. The second-order valence-corrected chi connectivity index (χ2v) is 5.35. The van der Waals surface area contributed by atoms with E-state index in [1.54, 1.807) is 13.8 Å². The van der Waals surface area contributed by atoms with E-state index < -0.39 is 5.60 Å². The topological polar surface area (TPSA) is 29.5 Å². The van der Waals surface area contributed by atoms with Gasteiger partial charge in [0.1, 0.15) is 12.4 Å². The van der Waals surface area contributed by atoms with E-state index in [-0.39, 0.29) is 6.61 Å². The number of rotatable bonds is 4. The lowest BCUT2D eigenvalue weighted by Crippen LogP contribution is -2.27. The SMILES string of the molecule is CC(C)c1ccc(OCC(C)(C)O)c(Cl)c1. The first-order valence-electron chi connectivity index (χ1n) is 5.44. The van der Waals surface area contributed by atoms with Crippen LogP contribution in [0, 0.1) is 0 Å². The Morgan fingerprint density at radius 2 is 2.00 bits per heavy atom. The van der Waals surface area contributed by atoms with Crippen molar-refractivity contribution < 1.29 is 9.84 Å². The van der Waals surface area contributed by atoms with Gasteiger partial charge in [-0.15, -0.1) is 0 Å². The molecular weight excluding hydrogens is 224 g/mol. The molecule has 0 unspecified atom stereocenters. The van der Waals surface area contributed by atoms with Crippen LogP contribution in [0.4, 0.5) is 0 Å². The quantitative estimate of drug-likeness (QED) is 0.874. The molecule has 0 heterocycles. The van der Waals surface area contributed by atoms with Crippen LogP contribution in [0.15, 0.2) is 18.2 Å². The number of hydrogen-bond donors (Lipinski definition) is 1. The number of hydrogen-bond acceptors (Lipinski definition) is 2. The van der Waals surface area contributed by atoms with E-state index in [0.29, 0.717) is 16.7 Å². The van der Waals surface area contributed by atoms with Gasteiger partial charge in [-0.05, 0) is 37.5 Å². The van der Waals surface area contributed by atoms with E-state index in [0.717, 1.165) is 0 Å². The van der Waals surface area contributed by atoms with Gasteiger partial charge in [0, 0.05) is 0 Å². The maximum atomic E-state index is 9.54. The lowest BCUT2D eigenvalue weighted by Gasteiger charge is -2.18. The molecular formula is C13H19ClO2. The minimum atomic E-state index is -0.847. The molecule has 0 radical (unpaired) electrons. The molecule has 0 bridgehead atoms. The largest absolute Gasteiger partial charge is 0.489 e. The van der Waals surface area contributed by atoms with E-state index in [1.165, 1.54) is 5.56 Å². The summed E-state index contributed by atoms with van der Waals surface area (Å²) in [5.41, 5.74) is 0.334. The Kier molecular flexibility index (Phi) is 4.22. The van der Waals surface area contributed by atoms with Crippen molar-refractivity contribution in [2.75, 3.05) is 6.61 Å². The van der Waals surface area contributed by atoms with Gasteiger partial charge in [-0.1, -0.05) is 31.5 Å². The monoisotopic (exact) mass is 242 g/mol. The summed E-state index contributed by atoms with van der Waals surface area (Å²) in [5.74, 6) is 1.06. The first-order chi connectivity index (χ1) is 7.29. The predicted octanol–water partition coefficient (Wildman–Crippen LogP) is 3.61. The fourth-order valence-corrected chi connectivity index (χ4v) is 1.49. The zero-order valence-electron chi connectivity index (χ0n) is 10.2. The summed E-state index contributed by atoms with van der Waals surface area (Å²) in [4.78, 5) is 0. The van der Waals surface area contributed by atoms with Gasteiger partial charge in [0.15, 0.2) is 0 Å². The number of benzene rings is 1. The third kappa shape index (κ3) is 4.03. The average Bonchev–Trinajstić information content (AvgIpc) is 2.14. The summed E-state index contributed by atoms with van der Waals surface area (Å²) in [6.07, 6.45) is 0. The molecule has 1 aromatic rings. The zero-order valence-corrected chi connectivity index (χ0v) is 11.0. The maximum Gasteiger partial charge on any atom is 0.138 e. The van der Waals surface area contributed by atoms with Crippen LogP contribution in [0.3, 0.4) is 0 Å². The molecule has 1 N–H and O–H groups in total. The average molecular weight is 243 g/mol. The lowest BCUT2D eigenvalue weighted by atomic mass is 10.0. The molecule has 0 saturated carbocycles. The molecule has 0 atom stereocenters. The summed E-state index contributed by atoms with van der Waals surface area (Å²) in [6, 6.07) is 5.76. The van der Waals surface area contributed by atoms with Crippen LogP contribution in [0.2, 0.25) is 5.02 Å². The molecule has 0 aliphatic rings. The Morgan fingerprint density at radius 1 is 1.38 bits per heavy atom. The molecule has 0 saturated heterocycles. The minimum Gasteiger partial charge on any atom is -0.489 e. The molecule has 0 spiro atoms. The Hall–Kier alpha value is -0.730. The van der Waals surface area contributed by atoms with Gasteiger partial charge in [0.2, 0.25) is 0 Å². The van der Waals surface area contributed by atoms with Crippen LogP contribution >= 0.6 is 11.6 Å². The Labute approximate surface area is 102 Å². The van der Waals surface area contributed by atoms with Gasteiger partial charge < -0.3 is 9.84 Å². The van der Waals surface area contributed by atoms with Crippen molar-refractivity contribution in [3.8, 4) is 5.75 Å². The van der Waals surface area contributed by atoms with Crippen molar-refractivity contribution in [1.29, 1.82) is 0 Å². The number of ether oxygens (including phenoxy) is 1. The first kappa shape index (κ1) is 13.3. The zero-order chi connectivity index (χ0) is 12.3. The van der Waals surface area contributed by atoms with Crippen molar-refractivity contribution >= 4 is 11.6 Å². The Balaban J connectivity index is 2.76. The molecule has 2 nitrogen and oxygen atoms in total. The molecule has 0 aromatic heterocycles. The normalized spacial score (nSPS) is 11.9. The molecule has 0 fully saturated rings. The van der Waals surface area contributed by atoms with Crippen molar-refractivity contribution in [3.63, 3.8) is 0 Å². The molecule has 16 heavy (non-hydrogen) atoms. The lowest BCUT2D eigenvalue weighted by molar-refractivity contribution is 0.0285. The van der Waals surface area contributed by atoms with Gasteiger partial charge in [-0.3, -0.25) is 0 Å². The fraction of sp³-hybridized carbons (Fsp3) is 0.538. The predicted molar refractivity (Wildman–Crippen MR) is 67.3 cm³/mol. The molecule has 90 valence electrons. The highest BCUT2D eigenvalue weighted by atomic mass is 35.5. The van der Waals surface area contributed by atoms with Gasteiger partial charge in [0.25, 0.3) is 0 Å². The summed E-state index contributed by atoms with van der Waals surface area (Å²) in [5, 5.41) is 10.1. The summed E-state index contributed by atoms with van der Waals surface area (Å²) in [6.45, 7) is 7.85. The highest BCUT2D eigenvalue weighted by Gasteiger charge is 2.14. The van der Waals surface area contributed by atoms with Crippen LogP contribution in [-0.4, -0.2) is 17.3 Å². The van der Waals surface area contributed by atoms with E-state index in [1.807, 2.05) is 18.2 Å². The second kappa shape index (κ2) is 5.07. The Morgan fingerprint density at radius 3 is 2.44 bits per heavy atom. The van der Waals surface area contributed by atoms with Crippen molar-refractivity contribution in [3.05, 3.63) is 28.8 Å². The van der Waals surface area contributed by atoms with Gasteiger partial charge in [-0.25, -0.2) is 0 Å². The molecule has 3 heteroatoms. The smallest absolute Gasteiger partial charge is 0.138 e. The van der Waals surface area contributed by atoms with Crippen molar-refractivity contribution in [2.24, 2.45) is 0 Å². The summed E-state index contributed by atoms with van der Waals surface area (Å²) in [7, 11) is 0. The van der Waals surface area contributed by atoms with Crippen molar-refractivity contribution in [2.45, 2.75) is 39.2 Å². The van der Waals surface area contributed by atoms with Gasteiger partial charge in [0.05, 0.1) is 10.6 Å².